The van der Waals surface area contributed by atoms with Gasteiger partial charge in [0, 0.05) is 6.42 Å². The molecule has 0 aromatic heterocycles. The summed E-state index contributed by atoms with van der Waals surface area (Å²) in [6.07, 6.45) is 7.65. The summed E-state index contributed by atoms with van der Waals surface area (Å²) in [5, 5.41) is 35.5. The Morgan fingerprint density at radius 3 is 2.55 bits per heavy atom. The van der Waals surface area contributed by atoms with E-state index in [-0.39, 0.29) is 23.8 Å². The van der Waals surface area contributed by atoms with E-state index in [1.54, 1.807) is 0 Å². The highest BCUT2D eigenvalue weighted by Gasteiger charge is 2.62. The lowest BCUT2D eigenvalue weighted by Gasteiger charge is -2.62. The number of aliphatic hydroxyl groups is 2. The highest BCUT2D eigenvalue weighted by molar-refractivity contribution is 5.83. The minimum Gasteiger partial charge on any atom is -0.480 e. The normalized spacial score (nSPS) is 44.2. The van der Waals surface area contributed by atoms with Gasteiger partial charge < -0.3 is 26.0 Å². The lowest BCUT2D eigenvalue weighted by Crippen LogP contribution is -2.60. The van der Waals surface area contributed by atoms with Gasteiger partial charge >= 0.3 is 5.97 Å². The summed E-state index contributed by atoms with van der Waals surface area (Å²) in [4.78, 5) is 23.3. The molecule has 4 rings (SSSR count). The Kier molecular flexibility index (Phi) is 7.15. The molecule has 1 heterocycles. The van der Waals surface area contributed by atoms with Crippen molar-refractivity contribution in [2.24, 2.45) is 46.3 Å². The van der Waals surface area contributed by atoms with Crippen LogP contribution < -0.4 is 10.6 Å². The first-order chi connectivity index (χ1) is 15.6. The van der Waals surface area contributed by atoms with Crippen LogP contribution in [0, 0.1) is 46.3 Å². The third-order valence-electron chi connectivity index (χ3n) is 10.7. The van der Waals surface area contributed by atoms with E-state index in [4.69, 9.17) is 10.2 Å². The number of carboxylic acids is 1. The molecule has 4 fully saturated rings. The van der Waals surface area contributed by atoms with Gasteiger partial charge in [-0.25, -0.2) is 4.79 Å². The smallest absolute Gasteiger partial charge is 0.328 e. The van der Waals surface area contributed by atoms with Gasteiger partial charge in [-0.15, -0.1) is 0 Å². The van der Waals surface area contributed by atoms with Crippen LogP contribution in [0.5, 0.6) is 0 Å². The van der Waals surface area contributed by atoms with Gasteiger partial charge in [-0.3, -0.25) is 4.79 Å². The molecular weight excluding hydrogens is 420 g/mol. The summed E-state index contributed by atoms with van der Waals surface area (Å²) in [6.45, 7) is 8.71. The van der Waals surface area contributed by atoms with E-state index in [1.807, 2.05) is 0 Å². The number of amides is 1. The van der Waals surface area contributed by atoms with E-state index in [1.165, 1.54) is 25.7 Å². The highest BCUT2D eigenvalue weighted by Crippen LogP contribution is 2.67. The second-order valence-corrected chi connectivity index (χ2v) is 12.1. The number of carboxylic acid groups (broad SMARTS) is 1. The molecule has 0 aromatic carbocycles. The van der Waals surface area contributed by atoms with Crippen molar-refractivity contribution >= 4 is 11.9 Å². The Bertz CT molecular complexity index is 746. The molecule has 5 N–H and O–H groups in total. The van der Waals surface area contributed by atoms with Crippen LogP contribution in [0.25, 0.3) is 0 Å². The van der Waals surface area contributed by atoms with Crippen LogP contribution in [0.3, 0.4) is 0 Å². The molecule has 0 spiro atoms. The SMILES string of the molecule is C[C@H](CCC(=O)N[C@@H](CO)C(=O)O)[C@H]1CC[C@H]2[C@@H]3[C@@H](O)C[C@@H]4CNCCC4(C)[C@H]3CC[C@]12C. The maximum atomic E-state index is 12.3. The van der Waals surface area contributed by atoms with Gasteiger partial charge in [-0.05, 0) is 104 Å². The van der Waals surface area contributed by atoms with Gasteiger partial charge in [0.05, 0.1) is 12.7 Å². The molecule has 4 aliphatic rings. The van der Waals surface area contributed by atoms with Gasteiger partial charge in [0.15, 0.2) is 0 Å². The van der Waals surface area contributed by atoms with Crippen LogP contribution in [0.4, 0.5) is 0 Å². The minimum atomic E-state index is -1.23. The third kappa shape index (κ3) is 4.34. The molecule has 0 aromatic rings. The van der Waals surface area contributed by atoms with E-state index >= 15 is 0 Å². The molecule has 7 nitrogen and oxygen atoms in total. The highest BCUT2D eigenvalue weighted by atomic mass is 16.4. The Morgan fingerprint density at radius 2 is 1.85 bits per heavy atom. The quantitative estimate of drug-likeness (QED) is 0.395. The second-order valence-electron chi connectivity index (χ2n) is 12.1. The summed E-state index contributed by atoms with van der Waals surface area (Å²) in [5.74, 6) is 1.50. The largest absolute Gasteiger partial charge is 0.480 e. The van der Waals surface area contributed by atoms with E-state index in [2.05, 4.69) is 31.4 Å². The zero-order chi connectivity index (χ0) is 24.0. The van der Waals surface area contributed by atoms with Crippen LogP contribution in [0.1, 0.15) is 72.1 Å². The summed E-state index contributed by atoms with van der Waals surface area (Å²) in [5.41, 5.74) is 0.536. The fraction of sp³-hybridized carbons (Fsp3) is 0.923. The van der Waals surface area contributed by atoms with Crippen molar-refractivity contribution in [3.63, 3.8) is 0 Å². The zero-order valence-electron chi connectivity index (χ0n) is 20.6. The first-order valence-electron chi connectivity index (χ1n) is 13.1. The monoisotopic (exact) mass is 464 g/mol. The molecule has 1 aliphatic heterocycles. The number of nitrogens with one attached hydrogen (secondary N) is 2. The van der Waals surface area contributed by atoms with Crippen molar-refractivity contribution < 1.29 is 24.9 Å². The van der Waals surface area contributed by atoms with Gasteiger partial charge in [0.25, 0.3) is 0 Å². The molecule has 0 radical (unpaired) electrons. The molecular formula is C26H44N2O5. The van der Waals surface area contributed by atoms with Crippen molar-refractivity contribution in [2.75, 3.05) is 19.7 Å². The molecule has 3 saturated carbocycles. The van der Waals surface area contributed by atoms with Crippen molar-refractivity contribution in [1.82, 2.24) is 10.6 Å². The molecule has 1 unspecified atom stereocenters. The lowest BCUT2D eigenvalue weighted by atomic mass is 9.45. The first-order valence-corrected chi connectivity index (χ1v) is 13.1. The number of hydrogen-bond acceptors (Lipinski definition) is 5. The maximum Gasteiger partial charge on any atom is 0.328 e. The molecule has 188 valence electrons. The summed E-state index contributed by atoms with van der Waals surface area (Å²) >= 11 is 0. The number of carbonyl (C=O) groups is 2. The van der Waals surface area contributed by atoms with E-state index in [9.17, 15) is 14.7 Å². The Hall–Kier alpha value is -1.18. The minimum absolute atomic E-state index is 0.197. The average molecular weight is 465 g/mol. The van der Waals surface area contributed by atoms with E-state index in [0.717, 1.165) is 32.4 Å². The molecule has 7 heteroatoms. The van der Waals surface area contributed by atoms with E-state index < -0.39 is 18.6 Å². The van der Waals surface area contributed by atoms with Gasteiger partial charge in [0.1, 0.15) is 6.04 Å². The molecule has 0 bridgehead atoms. The Balaban J connectivity index is 1.42. The second kappa shape index (κ2) is 9.46. The number of piperidine rings is 1. The molecule has 1 amide bonds. The van der Waals surface area contributed by atoms with Gasteiger partial charge in [-0.1, -0.05) is 20.8 Å². The number of fused-ring (bicyclic) bond motifs is 5. The number of hydrogen-bond donors (Lipinski definition) is 5. The first kappa shape index (κ1) is 24.9. The zero-order valence-corrected chi connectivity index (χ0v) is 20.6. The van der Waals surface area contributed by atoms with Crippen molar-refractivity contribution in [1.29, 1.82) is 0 Å². The Morgan fingerprint density at radius 1 is 1.12 bits per heavy atom. The summed E-state index contributed by atoms with van der Waals surface area (Å²) in [7, 11) is 0. The van der Waals surface area contributed by atoms with Crippen LogP contribution in [-0.4, -0.2) is 59.0 Å². The molecule has 1 saturated heterocycles. The fourth-order valence-corrected chi connectivity index (χ4v) is 8.85. The van der Waals surface area contributed by atoms with Crippen molar-refractivity contribution in [3.05, 3.63) is 0 Å². The number of aliphatic carboxylic acids is 1. The fourth-order valence-electron chi connectivity index (χ4n) is 8.85. The summed E-state index contributed by atoms with van der Waals surface area (Å²) in [6, 6.07) is -1.23. The standard InChI is InChI=1S/C26H44N2O5/c1-15(4-7-22(31)28-20(14-29)24(32)33)17-5-6-18-23-19(8-9-26(17,18)3)25(2)10-11-27-13-16(25)12-21(23)30/h15-21,23,27,29-30H,4-14H2,1-3H3,(H,28,31)(H,32,33)/t15-,16-,17-,18+,19+,20+,21+,23+,25?,26-/m1/s1. The average Bonchev–Trinajstić information content (AvgIpc) is 3.13. The Labute approximate surface area is 198 Å². The lowest BCUT2D eigenvalue weighted by molar-refractivity contribution is -0.161. The molecule has 33 heavy (non-hydrogen) atoms. The number of rotatable bonds is 7. The van der Waals surface area contributed by atoms with Crippen LogP contribution in [-0.2, 0) is 9.59 Å². The van der Waals surface area contributed by atoms with Crippen LogP contribution >= 0.6 is 0 Å². The van der Waals surface area contributed by atoms with Crippen molar-refractivity contribution in [2.45, 2.75) is 84.3 Å². The number of carbonyl (C=O) groups excluding carboxylic acids is 1. The van der Waals surface area contributed by atoms with Crippen LogP contribution in [0.15, 0.2) is 0 Å². The van der Waals surface area contributed by atoms with Crippen molar-refractivity contribution in [3.8, 4) is 0 Å². The van der Waals surface area contributed by atoms with Crippen LogP contribution in [0.2, 0.25) is 0 Å². The van der Waals surface area contributed by atoms with E-state index in [0.29, 0.717) is 40.9 Å². The van der Waals surface area contributed by atoms with Gasteiger partial charge in [0.2, 0.25) is 5.91 Å². The maximum absolute atomic E-state index is 12.3. The molecule has 10 atom stereocenters. The number of aliphatic hydroxyl groups excluding tert-OH is 2. The molecule has 3 aliphatic carbocycles. The third-order valence-corrected chi connectivity index (χ3v) is 10.7. The predicted octanol–water partition coefficient (Wildman–Crippen LogP) is 2.40. The predicted molar refractivity (Wildman–Crippen MR) is 125 cm³/mol. The van der Waals surface area contributed by atoms with Gasteiger partial charge in [-0.2, -0.15) is 0 Å². The topological polar surface area (TPSA) is 119 Å². The summed E-state index contributed by atoms with van der Waals surface area (Å²) < 4.78 is 0.